The first-order chi connectivity index (χ1) is 9.56. The average Bonchev–Trinajstić information content (AvgIpc) is 3.24. The molecule has 4 nitrogen and oxygen atoms in total. The molecule has 1 aromatic carbocycles. The van der Waals surface area contributed by atoms with Crippen LogP contribution in [0.25, 0.3) is 0 Å². The van der Waals surface area contributed by atoms with Gasteiger partial charge in [0.25, 0.3) is 10.1 Å². The van der Waals surface area contributed by atoms with Gasteiger partial charge in [-0.2, -0.15) is 8.42 Å². The Kier molecular flexibility index (Phi) is 3.84. The molecule has 20 heavy (non-hydrogen) atoms. The molecular formula is C15H20O4S. The summed E-state index contributed by atoms with van der Waals surface area (Å²) in [5, 5.41) is 0. The van der Waals surface area contributed by atoms with Crippen LogP contribution in [0, 0.1) is 12.8 Å². The van der Waals surface area contributed by atoms with E-state index in [4.69, 9.17) is 8.92 Å². The maximum atomic E-state index is 12.3. The highest BCUT2D eigenvalue weighted by molar-refractivity contribution is 7.86. The standard InChI is InChI=1S/C15H20O4S/c1-11-6-8-12(9-7-11)20(16,17)19-14-5-3-2-4-13(14)15-10-18-15/h6-9,13-15H,2-5,10H2,1H3/t13-,14-,15+/m0/s1. The predicted octanol–water partition coefficient (Wildman–Crippen LogP) is 2.66. The maximum absolute atomic E-state index is 12.3. The molecule has 1 aliphatic carbocycles. The van der Waals surface area contributed by atoms with Crippen LogP contribution in [0.5, 0.6) is 0 Å². The quantitative estimate of drug-likeness (QED) is 0.633. The number of hydrogen-bond donors (Lipinski definition) is 0. The number of aryl methyl sites for hydroxylation is 1. The van der Waals surface area contributed by atoms with Crippen LogP contribution in [-0.4, -0.2) is 27.2 Å². The van der Waals surface area contributed by atoms with Gasteiger partial charge in [0.05, 0.1) is 23.7 Å². The molecule has 0 unspecified atom stereocenters. The summed E-state index contributed by atoms with van der Waals surface area (Å²) >= 11 is 0. The highest BCUT2D eigenvalue weighted by Crippen LogP contribution is 2.36. The van der Waals surface area contributed by atoms with Gasteiger partial charge in [-0.25, -0.2) is 0 Å². The Balaban J connectivity index is 1.76. The second-order valence-corrected chi connectivity index (χ2v) is 7.29. The zero-order valence-electron chi connectivity index (χ0n) is 11.6. The number of benzene rings is 1. The van der Waals surface area contributed by atoms with Gasteiger partial charge < -0.3 is 4.74 Å². The normalized spacial score (nSPS) is 30.1. The lowest BCUT2D eigenvalue weighted by atomic mass is 9.84. The maximum Gasteiger partial charge on any atom is 0.297 e. The Hall–Kier alpha value is -0.910. The van der Waals surface area contributed by atoms with Crippen molar-refractivity contribution in [2.45, 2.75) is 49.7 Å². The minimum atomic E-state index is -3.67. The summed E-state index contributed by atoms with van der Waals surface area (Å²) in [4.78, 5) is 0.240. The van der Waals surface area contributed by atoms with E-state index in [2.05, 4.69) is 0 Å². The van der Waals surface area contributed by atoms with Crippen molar-refractivity contribution in [1.29, 1.82) is 0 Å². The summed E-state index contributed by atoms with van der Waals surface area (Å²) in [7, 11) is -3.67. The third-order valence-electron chi connectivity index (χ3n) is 4.15. The van der Waals surface area contributed by atoms with E-state index in [9.17, 15) is 8.42 Å². The van der Waals surface area contributed by atoms with E-state index in [1.807, 2.05) is 6.92 Å². The smallest absolute Gasteiger partial charge is 0.297 e. The first-order valence-corrected chi connectivity index (χ1v) is 8.59. The summed E-state index contributed by atoms with van der Waals surface area (Å²) in [6, 6.07) is 6.80. The Morgan fingerprint density at radius 2 is 1.80 bits per heavy atom. The van der Waals surface area contributed by atoms with Gasteiger partial charge in [-0.3, -0.25) is 4.18 Å². The molecule has 2 fully saturated rings. The van der Waals surface area contributed by atoms with Gasteiger partial charge in [0, 0.05) is 5.92 Å². The molecule has 0 amide bonds. The molecule has 5 heteroatoms. The van der Waals surface area contributed by atoms with Gasteiger partial charge in [-0.1, -0.05) is 30.5 Å². The van der Waals surface area contributed by atoms with Crippen molar-refractivity contribution in [2.75, 3.05) is 6.61 Å². The third-order valence-corrected chi connectivity index (χ3v) is 5.50. The second kappa shape index (κ2) is 5.47. The molecule has 1 aromatic rings. The molecule has 0 radical (unpaired) electrons. The molecule has 0 aromatic heterocycles. The summed E-state index contributed by atoms with van der Waals surface area (Å²) in [5.41, 5.74) is 1.03. The molecule has 0 bridgehead atoms. The number of hydrogen-bond acceptors (Lipinski definition) is 4. The van der Waals surface area contributed by atoms with Crippen molar-refractivity contribution in [2.24, 2.45) is 5.92 Å². The topological polar surface area (TPSA) is 55.9 Å². The van der Waals surface area contributed by atoms with E-state index in [0.717, 1.165) is 37.9 Å². The van der Waals surface area contributed by atoms with Crippen molar-refractivity contribution in [1.82, 2.24) is 0 Å². The monoisotopic (exact) mass is 296 g/mol. The Labute approximate surface area is 120 Å². The van der Waals surface area contributed by atoms with E-state index >= 15 is 0 Å². The summed E-state index contributed by atoms with van der Waals surface area (Å²) < 4.78 is 35.5. The molecule has 3 atom stereocenters. The number of rotatable bonds is 4. The van der Waals surface area contributed by atoms with Crippen LogP contribution >= 0.6 is 0 Å². The highest BCUT2D eigenvalue weighted by Gasteiger charge is 2.41. The zero-order chi connectivity index (χ0) is 14.2. The zero-order valence-corrected chi connectivity index (χ0v) is 12.4. The first kappa shape index (κ1) is 14.0. The van der Waals surface area contributed by atoms with Gasteiger partial charge in [0.2, 0.25) is 0 Å². The molecule has 1 saturated carbocycles. The molecule has 0 N–H and O–H groups in total. The van der Waals surface area contributed by atoms with E-state index in [0.29, 0.717) is 0 Å². The SMILES string of the molecule is Cc1ccc(S(=O)(=O)O[C@H]2CCCC[C@@H]2[C@H]2CO2)cc1. The van der Waals surface area contributed by atoms with Crippen LogP contribution in [0.15, 0.2) is 29.2 Å². The molecule has 1 aliphatic heterocycles. The van der Waals surface area contributed by atoms with Crippen molar-refractivity contribution in [3.05, 3.63) is 29.8 Å². The van der Waals surface area contributed by atoms with Gasteiger partial charge in [-0.05, 0) is 31.9 Å². The fourth-order valence-electron chi connectivity index (χ4n) is 2.90. The minimum absolute atomic E-state index is 0.202. The first-order valence-electron chi connectivity index (χ1n) is 7.18. The highest BCUT2D eigenvalue weighted by atomic mass is 32.2. The molecule has 2 aliphatic rings. The van der Waals surface area contributed by atoms with E-state index < -0.39 is 10.1 Å². The average molecular weight is 296 g/mol. The van der Waals surface area contributed by atoms with Gasteiger partial charge >= 0.3 is 0 Å². The number of epoxide rings is 1. The summed E-state index contributed by atoms with van der Waals surface area (Å²) in [6.45, 7) is 2.67. The number of ether oxygens (including phenoxy) is 1. The fraction of sp³-hybridized carbons (Fsp3) is 0.600. The summed E-state index contributed by atoms with van der Waals surface area (Å²) in [6.07, 6.45) is 3.93. The van der Waals surface area contributed by atoms with Gasteiger partial charge in [0.15, 0.2) is 0 Å². The lowest BCUT2D eigenvalue weighted by molar-refractivity contribution is 0.0802. The van der Waals surface area contributed by atoms with Crippen LogP contribution in [0.2, 0.25) is 0 Å². The fourth-order valence-corrected chi connectivity index (χ4v) is 4.04. The lowest BCUT2D eigenvalue weighted by Crippen LogP contribution is -2.33. The van der Waals surface area contributed by atoms with Crippen molar-refractivity contribution < 1.29 is 17.3 Å². The Morgan fingerprint density at radius 1 is 1.15 bits per heavy atom. The minimum Gasteiger partial charge on any atom is -0.373 e. The Bertz CT molecular complexity index is 560. The molecule has 110 valence electrons. The van der Waals surface area contributed by atoms with Crippen LogP contribution in [0.3, 0.4) is 0 Å². The van der Waals surface area contributed by atoms with Crippen molar-refractivity contribution >= 4 is 10.1 Å². The summed E-state index contributed by atoms with van der Waals surface area (Å²) in [5.74, 6) is 0.226. The van der Waals surface area contributed by atoms with Crippen LogP contribution in [0.4, 0.5) is 0 Å². The Morgan fingerprint density at radius 3 is 2.45 bits per heavy atom. The van der Waals surface area contributed by atoms with Gasteiger partial charge in [0.1, 0.15) is 0 Å². The second-order valence-electron chi connectivity index (χ2n) is 5.72. The molecule has 1 saturated heterocycles. The molecule has 0 spiro atoms. The molecule has 3 rings (SSSR count). The van der Waals surface area contributed by atoms with Crippen LogP contribution in [-0.2, 0) is 19.0 Å². The lowest BCUT2D eigenvalue weighted by Gasteiger charge is -2.29. The van der Waals surface area contributed by atoms with Crippen molar-refractivity contribution in [3.8, 4) is 0 Å². The largest absolute Gasteiger partial charge is 0.373 e. The van der Waals surface area contributed by atoms with Crippen LogP contribution in [0.1, 0.15) is 31.2 Å². The van der Waals surface area contributed by atoms with E-state index in [-0.39, 0.29) is 23.0 Å². The molecule has 1 heterocycles. The van der Waals surface area contributed by atoms with E-state index in [1.165, 1.54) is 0 Å². The third kappa shape index (κ3) is 3.05. The van der Waals surface area contributed by atoms with E-state index in [1.54, 1.807) is 24.3 Å². The predicted molar refractivity (Wildman–Crippen MR) is 74.9 cm³/mol. The van der Waals surface area contributed by atoms with Gasteiger partial charge in [-0.15, -0.1) is 0 Å². The molecular weight excluding hydrogens is 276 g/mol. The van der Waals surface area contributed by atoms with Crippen molar-refractivity contribution in [3.63, 3.8) is 0 Å². The van der Waals surface area contributed by atoms with Crippen LogP contribution < -0.4 is 0 Å².